The Morgan fingerprint density at radius 1 is 1.40 bits per heavy atom. The summed E-state index contributed by atoms with van der Waals surface area (Å²) in [5.74, 6) is -0.316. The number of rotatable bonds is 3. The van der Waals surface area contributed by atoms with Crippen molar-refractivity contribution >= 4 is 16.9 Å². The van der Waals surface area contributed by atoms with Crippen LogP contribution in [0, 0.1) is 0 Å². The van der Waals surface area contributed by atoms with Crippen LogP contribution in [0.5, 0.6) is 0 Å². The van der Waals surface area contributed by atoms with E-state index in [0.717, 1.165) is 12.1 Å². The van der Waals surface area contributed by atoms with Gasteiger partial charge < -0.3 is 15.7 Å². The van der Waals surface area contributed by atoms with Gasteiger partial charge in [0.25, 0.3) is 5.91 Å². The van der Waals surface area contributed by atoms with E-state index in [1.807, 2.05) is 24.3 Å². The molecule has 0 bridgehead atoms. The summed E-state index contributed by atoms with van der Waals surface area (Å²) in [6, 6.07) is 7.38. The van der Waals surface area contributed by atoms with Gasteiger partial charge in [0, 0.05) is 13.1 Å². The molecule has 0 aliphatic carbocycles. The van der Waals surface area contributed by atoms with E-state index in [9.17, 15) is 9.90 Å². The van der Waals surface area contributed by atoms with E-state index in [-0.39, 0.29) is 18.1 Å². The molecule has 1 saturated heterocycles. The second-order valence-electron chi connectivity index (χ2n) is 5.08. The van der Waals surface area contributed by atoms with Crippen molar-refractivity contribution < 1.29 is 9.90 Å². The number of benzene rings is 1. The summed E-state index contributed by atoms with van der Waals surface area (Å²) < 4.78 is 0. The Bertz CT molecular complexity index is 638. The zero-order valence-electron chi connectivity index (χ0n) is 11.0. The molecule has 2 aromatic rings. The van der Waals surface area contributed by atoms with Crippen LogP contribution in [-0.4, -0.2) is 46.2 Å². The van der Waals surface area contributed by atoms with Crippen LogP contribution in [0.2, 0.25) is 0 Å². The summed E-state index contributed by atoms with van der Waals surface area (Å²) in [4.78, 5) is 20.5. The fraction of sp³-hybridized carbons (Fsp3) is 0.357. The van der Waals surface area contributed by atoms with E-state index in [4.69, 9.17) is 0 Å². The number of para-hydroxylation sites is 2. The zero-order valence-corrected chi connectivity index (χ0v) is 11.0. The number of β-amino-alcohol motifs (C(OH)–C–C–N with tert-alkyl or cyclic N) is 1. The molecule has 3 rings (SSSR count). The van der Waals surface area contributed by atoms with E-state index in [2.05, 4.69) is 20.6 Å². The molecule has 1 aromatic carbocycles. The van der Waals surface area contributed by atoms with Gasteiger partial charge in [0.2, 0.25) is 0 Å². The number of aromatic nitrogens is 2. The van der Waals surface area contributed by atoms with Gasteiger partial charge in [0.1, 0.15) is 5.69 Å². The van der Waals surface area contributed by atoms with E-state index < -0.39 is 5.60 Å². The van der Waals surface area contributed by atoms with Gasteiger partial charge in [-0.15, -0.1) is 0 Å². The van der Waals surface area contributed by atoms with Gasteiger partial charge in [0.15, 0.2) is 0 Å². The lowest BCUT2D eigenvalue weighted by atomic mass is 10.0. The highest BCUT2D eigenvalue weighted by Gasteiger charge is 2.31. The third kappa shape index (κ3) is 2.61. The van der Waals surface area contributed by atoms with Gasteiger partial charge in [-0.25, -0.2) is 4.98 Å². The second-order valence-corrected chi connectivity index (χ2v) is 5.08. The Labute approximate surface area is 116 Å². The van der Waals surface area contributed by atoms with Crippen LogP contribution in [0.3, 0.4) is 0 Å². The number of amides is 1. The van der Waals surface area contributed by atoms with Crippen molar-refractivity contribution in [2.24, 2.45) is 0 Å². The third-order valence-corrected chi connectivity index (χ3v) is 3.48. The van der Waals surface area contributed by atoms with Gasteiger partial charge in [-0.2, -0.15) is 0 Å². The molecule has 1 aliphatic heterocycles. The predicted octanol–water partition coefficient (Wildman–Crippen LogP) is 0.0840. The molecule has 1 atom stereocenters. The van der Waals surface area contributed by atoms with Gasteiger partial charge in [-0.3, -0.25) is 9.78 Å². The maximum Gasteiger partial charge on any atom is 0.271 e. The number of hydrogen-bond donors (Lipinski definition) is 3. The maximum absolute atomic E-state index is 12.0. The largest absolute Gasteiger partial charge is 0.387 e. The Hall–Kier alpha value is -2.05. The lowest BCUT2D eigenvalue weighted by Crippen LogP contribution is -2.44. The van der Waals surface area contributed by atoms with E-state index in [1.54, 1.807) is 0 Å². The van der Waals surface area contributed by atoms with Crippen LogP contribution in [0.15, 0.2) is 30.5 Å². The Kier molecular flexibility index (Phi) is 3.33. The number of hydrogen-bond acceptors (Lipinski definition) is 5. The monoisotopic (exact) mass is 272 g/mol. The molecule has 6 heteroatoms. The van der Waals surface area contributed by atoms with E-state index in [1.165, 1.54) is 6.20 Å². The lowest BCUT2D eigenvalue weighted by molar-refractivity contribution is 0.0560. The first-order valence-electron chi connectivity index (χ1n) is 6.59. The number of nitrogens with one attached hydrogen (secondary N) is 2. The Morgan fingerprint density at radius 2 is 2.20 bits per heavy atom. The third-order valence-electron chi connectivity index (χ3n) is 3.48. The Morgan fingerprint density at radius 3 is 2.95 bits per heavy atom. The molecule has 1 amide bonds. The number of carbonyl (C=O) groups is 1. The normalized spacial score (nSPS) is 22.1. The average molecular weight is 272 g/mol. The first kappa shape index (κ1) is 13.0. The highest BCUT2D eigenvalue weighted by atomic mass is 16.3. The maximum atomic E-state index is 12.0. The minimum Gasteiger partial charge on any atom is -0.387 e. The lowest BCUT2D eigenvalue weighted by Gasteiger charge is -2.21. The summed E-state index contributed by atoms with van der Waals surface area (Å²) in [6.45, 7) is 1.48. The molecule has 0 unspecified atom stereocenters. The molecular weight excluding hydrogens is 256 g/mol. The molecule has 3 N–H and O–H groups in total. The molecule has 20 heavy (non-hydrogen) atoms. The van der Waals surface area contributed by atoms with Crippen molar-refractivity contribution in [1.29, 1.82) is 0 Å². The summed E-state index contributed by atoms with van der Waals surface area (Å²) in [5, 5.41) is 15.9. The summed E-state index contributed by atoms with van der Waals surface area (Å²) >= 11 is 0. The average Bonchev–Trinajstić information content (AvgIpc) is 2.91. The second kappa shape index (κ2) is 5.15. The standard InChI is InChI=1S/C14H16N4O2/c19-13(17-9-14(20)5-6-15-8-14)12-7-16-10-3-1-2-4-11(10)18-12/h1-4,7,15,20H,5-6,8-9H2,(H,17,19)/t14-/m1/s1. The first-order valence-corrected chi connectivity index (χ1v) is 6.59. The smallest absolute Gasteiger partial charge is 0.271 e. The van der Waals surface area contributed by atoms with Gasteiger partial charge in [-0.1, -0.05) is 12.1 Å². The SMILES string of the molecule is O=C(NC[C@@]1(O)CCNC1)c1cnc2ccccc2n1. The highest BCUT2D eigenvalue weighted by molar-refractivity contribution is 5.93. The molecule has 6 nitrogen and oxygen atoms in total. The summed E-state index contributed by atoms with van der Waals surface area (Å²) in [6.07, 6.45) is 2.09. The number of carbonyl (C=O) groups excluding carboxylic acids is 1. The van der Waals surface area contributed by atoms with Crippen molar-refractivity contribution in [3.63, 3.8) is 0 Å². The highest BCUT2D eigenvalue weighted by Crippen LogP contribution is 2.13. The summed E-state index contributed by atoms with van der Waals surface area (Å²) in [7, 11) is 0. The van der Waals surface area contributed by atoms with Crippen molar-refractivity contribution in [1.82, 2.24) is 20.6 Å². The number of aliphatic hydroxyl groups is 1. The zero-order chi connectivity index (χ0) is 14.0. The predicted molar refractivity (Wildman–Crippen MR) is 74.3 cm³/mol. The number of nitrogens with zero attached hydrogens (tertiary/aromatic N) is 2. The van der Waals surface area contributed by atoms with Crippen LogP contribution in [0.4, 0.5) is 0 Å². The summed E-state index contributed by atoms with van der Waals surface area (Å²) in [5.41, 5.74) is 0.835. The molecule has 0 saturated carbocycles. The van der Waals surface area contributed by atoms with Crippen molar-refractivity contribution in [3.05, 3.63) is 36.2 Å². The number of fused-ring (bicyclic) bond motifs is 1. The topological polar surface area (TPSA) is 87.1 Å². The van der Waals surface area contributed by atoms with E-state index >= 15 is 0 Å². The molecular formula is C14H16N4O2. The molecule has 1 fully saturated rings. The minimum absolute atomic E-state index is 0.216. The van der Waals surface area contributed by atoms with Gasteiger partial charge in [-0.05, 0) is 25.1 Å². The van der Waals surface area contributed by atoms with Crippen LogP contribution < -0.4 is 10.6 Å². The molecule has 0 radical (unpaired) electrons. The van der Waals surface area contributed by atoms with E-state index in [0.29, 0.717) is 18.5 Å². The van der Waals surface area contributed by atoms with Crippen LogP contribution in [0.25, 0.3) is 11.0 Å². The molecule has 1 aromatic heterocycles. The fourth-order valence-electron chi connectivity index (χ4n) is 2.28. The van der Waals surface area contributed by atoms with Crippen molar-refractivity contribution in [2.45, 2.75) is 12.0 Å². The minimum atomic E-state index is -0.861. The first-order chi connectivity index (χ1) is 9.66. The quantitative estimate of drug-likeness (QED) is 0.737. The van der Waals surface area contributed by atoms with Crippen LogP contribution in [-0.2, 0) is 0 Å². The van der Waals surface area contributed by atoms with Gasteiger partial charge in [0.05, 0.1) is 22.8 Å². The van der Waals surface area contributed by atoms with Gasteiger partial charge >= 0.3 is 0 Å². The molecule has 1 aliphatic rings. The Balaban J connectivity index is 1.72. The van der Waals surface area contributed by atoms with Crippen LogP contribution in [0.1, 0.15) is 16.9 Å². The fourth-order valence-corrected chi connectivity index (χ4v) is 2.28. The van der Waals surface area contributed by atoms with Crippen molar-refractivity contribution in [3.8, 4) is 0 Å². The molecule has 104 valence electrons. The van der Waals surface area contributed by atoms with Crippen molar-refractivity contribution in [2.75, 3.05) is 19.6 Å². The molecule has 2 heterocycles. The van der Waals surface area contributed by atoms with Crippen LogP contribution >= 0.6 is 0 Å². The molecule has 0 spiro atoms.